The van der Waals surface area contributed by atoms with Gasteiger partial charge in [-0.05, 0) is 38.0 Å². The summed E-state index contributed by atoms with van der Waals surface area (Å²) in [6, 6.07) is 17.8. The number of ether oxygens (including phenoxy) is 1. The van der Waals surface area contributed by atoms with Crippen molar-refractivity contribution < 1.29 is 19.1 Å². The molecular formula is C28H28N2O4. The van der Waals surface area contributed by atoms with Crippen molar-refractivity contribution in [1.82, 2.24) is 4.90 Å². The van der Waals surface area contributed by atoms with Gasteiger partial charge in [-0.3, -0.25) is 19.3 Å². The summed E-state index contributed by atoms with van der Waals surface area (Å²) < 4.78 is 5.55. The van der Waals surface area contributed by atoms with Crippen LogP contribution in [0.2, 0.25) is 0 Å². The number of esters is 1. The highest BCUT2D eigenvalue weighted by molar-refractivity contribution is 6.24. The fourth-order valence-corrected chi connectivity index (χ4v) is 5.45. The molecular weight excluding hydrogens is 428 g/mol. The first-order chi connectivity index (χ1) is 16.5. The molecule has 2 aliphatic rings. The summed E-state index contributed by atoms with van der Waals surface area (Å²) >= 11 is 0. The number of benzene rings is 2. The number of carbonyl (C=O) groups is 3. The van der Waals surface area contributed by atoms with Gasteiger partial charge in [-0.1, -0.05) is 60.5 Å². The molecule has 0 N–H and O–H groups in total. The Morgan fingerprint density at radius 2 is 1.74 bits per heavy atom. The van der Waals surface area contributed by atoms with Gasteiger partial charge in [0.1, 0.15) is 5.54 Å². The van der Waals surface area contributed by atoms with Gasteiger partial charge in [-0.2, -0.15) is 0 Å². The van der Waals surface area contributed by atoms with E-state index in [-0.39, 0.29) is 25.5 Å². The van der Waals surface area contributed by atoms with Crippen molar-refractivity contribution in [3.8, 4) is 11.8 Å². The van der Waals surface area contributed by atoms with Crippen molar-refractivity contribution >= 4 is 23.5 Å². The van der Waals surface area contributed by atoms with Crippen molar-refractivity contribution in [3.63, 3.8) is 0 Å². The predicted molar refractivity (Wildman–Crippen MR) is 129 cm³/mol. The largest absolute Gasteiger partial charge is 0.465 e. The van der Waals surface area contributed by atoms with E-state index < -0.39 is 35.3 Å². The summed E-state index contributed by atoms with van der Waals surface area (Å²) in [6.07, 6.45) is 1.78. The van der Waals surface area contributed by atoms with E-state index in [9.17, 15) is 14.4 Å². The first-order valence-electron chi connectivity index (χ1n) is 11.4. The fourth-order valence-electron chi connectivity index (χ4n) is 5.45. The summed E-state index contributed by atoms with van der Waals surface area (Å²) in [5.41, 5.74) is -0.0556. The highest BCUT2D eigenvalue weighted by atomic mass is 16.5. The van der Waals surface area contributed by atoms with Crippen molar-refractivity contribution in [2.45, 2.75) is 31.8 Å². The SMILES string of the molecule is C=CC[C@]1(C(=O)OCC)[C@H]2C(=O)N(c3ccccc3)C(=O)[C@H]2[C@@H](c2ccccc2)N1CC#CC. The zero-order chi connectivity index (χ0) is 24.3. The highest BCUT2D eigenvalue weighted by Crippen LogP contribution is 2.57. The lowest BCUT2D eigenvalue weighted by molar-refractivity contribution is -0.161. The zero-order valence-electron chi connectivity index (χ0n) is 19.4. The Morgan fingerprint density at radius 1 is 1.09 bits per heavy atom. The molecule has 2 aromatic carbocycles. The van der Waals surface area contributed by atoms with Gasteiger partial charge in [0.05, 0.1) is 30.7 Å². The molecule has 2 amide bonds. The van der Waals surface area contributed by atoms with Crippen LogP contribution in [-0.4, -0.2) is 41.4 Å². The molecule has 0 saturated carbocycles. The lowest BCUT2D eigenvalue weighted by Crippen LogP contribution is -2.58. The van der Waals surface area contributed by atoms with Crippen LogP contribution in [0.25, 0.3) is 0 Å². The van der Waals surface area contributed by atoms with Gasteiger partial charge in [-0.25, -0.2) is 4.90 Å². The number of fused-ring (bicyclic) bond motifs is 1. The van der Waals surface area contributed by atoms with E-state index in [1.54, 1.807) is 44.2 Å². The Morgan fingerprint density at radius 3 is 2.32 bits per heavy atom. The van der Waals surface area contributed by atoms with Crippen LogP contribution in [0.3, 0.4) is 0 Å². The summed E-state index contributed by atoms with van der Waals surface area (Å²) in [5.74, 6) is 3.01. The third-order valence-electron chi connectivity index (χ3n) is 6.72. The summed E-state index contributed by atoms with van der Waals surface area (Å²) in [7, 11) is 0. The molecule has 0 radical (unpaired) electrons. The molecule has 6 heteroatoms. The summed E-state index contributed by atoms with van der Waals surface area (Å²) in [5, 5.41) is 0. The fraction of sp³-hybridized carbons (Fsp3) is 0.321. The van der Waals surface area contributed by atoms with Crippen LogP contribution in [0.15, 0.2) is 73.3 Å². The van der Waals surface area contributed by atoms with Gasteiger partial charge in [0.25, 0.3) is 0 Å². The van der Waals surface area contributed by atoms with Gasteiger partial charge in [0, 0.05) is 6.04 Å². The molecule has 2 aliphatic heterocycles. The van der Waals surface area contributed by atoms with Gasteiger partial charge in [0.2, 0.25) is 11.8 Å². The second kappa shape index (κ2) is 9.66. The number of para-hydroxylation sites is 1. The van der Waals surface area contributed by atoms with Gasteiger partial charge in [-0.15, -0.1) is 12.5 Å². The number of carbonyl (C=O) groups excluding carboxylic acids is 3. The van der Waals surface area contributed by atoms with E-state index in [0.717, 1.165) is 5.56 Å². The van der Waals surface area contributed by atoms with Crippen molar-refractivity contribution in [2.24, 2.45) is 11.8 Å². The Bertz CT molecular complexity index is 1150. The van der Waals surface area contributed by atoms with Crippen LogP contribution in [0, 0.1) is 23.7 Å². The first-order valence-corrected chi connectivity index (χ1v) is 11.4. The Balaban J connectivity index is 1.97. The van der Waals surface area contributed by atoms with E-state index >= 15 is 0 Å². The topological polar surface area (TPSA) is 66.9 Å². The Hall–Kier alpha value is -3.69. The van der Waals surface area contributed by atoms with Crippen LogP contribution in [0.5, 0.6) is 0 Å². The van der Waals surface area contributed by atoms with Crippen molar-refractivity contribution in [2.75, 3.05) is 18.1 Å². The molecule has 6 nitrogen and oxygen atoms in total. The molecule has 0 unspecified atom stereocenters. The Kier molecular flexibility index (Phi) is 6.67. The molecule has 0 bridgehead atoms. The molecule has 4 atom stereocenters. The molecule has 174 valence electrons. The van der Waals surface area contributed by atoms with Gasteiger partial charge >= 0.3 is 5.97 Å². The third-order valence-corrected chi connectivity index (χ3v) is 6.72. The maximum absolute atomic E-state index is 14.0. The number of hydrogen-bond acceptors (Lipinski definition) is 5. The van der Waals surface area contributed by atoms with Crippen LogP contribution in [0.1, 0.15) is 31.9 Å². The Labute approximate surface area is 200 Å². The van der Waals surface area contributed by atoms with Crippen LogP contribution < -0.4 is 4.90 Å². The molecule has 2 saturated heterocycles. The number of likely N-dealkylation sites (tertiary alicyclic amines) is 1. The molecule has 0 spiro atoms. The maximum atomic E-state index is 14.0. The van der Waals surface area contributed by atoms with Gasteiger partial charge in [0.15, 0.2) is 0 Å². The minimum Gasteiger partial charge on any atom is -0.465 e. The van der Waals surface area contributed by atoms with E-state index in [1.165, 1.54) is 4.90 Å². The standard InChI is InChI=1S/C28H28N2O4/c1-4-7-19-29-24(20-14-10-8-11-15-20)22-23(28(29,18-5-2)27(33)34-6-3)26(32)30(25(22)31)21-16-12-9-13-17-21/h5,8-17,22-24H,2,6,18-19H2,1,3H3/t22-,23-,24-,28-/m1/s1. The van der Waals surface area contributed by atoms with Crippen LogP contribution in [-0.2, 0) is 19.1 Å². The van der Waals surface area contributed by atoms with Crippen LogP contribution >= 0.6 is 0 Å². The minimum absolute atomic E-state index is 0.156. The van der Waals surface area contributed by atoms with Crippen molar-refractivity contribution in [3.05, 3.63) is 78.9 Å². The van der Waals surface area contributed by atoms with E-state index in [2.05, 4.69) is 18.4 Å². The van der Waals surface area contributed by atoms with Crippen LogP contribution in [0.4, 0.5) is 5.69 Å². The third kappa shape index (κ3) is 3.53. The van der Waals surface area contributed by atoms with E-state index in [4.69, 9.17) is 4.74 Å². The quantitative estimate of drug-likeness (QED) is 0.275. The van der Waals surface area contributed by atoms with E-state index in [0.29, 0.717) is 5.69 Å². The smallest absolute Gasteiger partial charge is 0.327 e. The molecule has 0 aromatic heterocycles. The monoisotopic (exact) mass is 456 g/mol. The molecule has 2 heterocycles. The number of rotatable bonds is 7. The molecule has 34 heavy (non-hydrogen) atoms. The molecule has 2 aromatic rings. The lowest BCUT2D eigenvalue weighted by Gasteiger charge is -2.40. The predicted octanol–water partition coefficient (Wildman–Crippen LogP) is 3.75. The number of amides is 2. The average molecular weight is 457 g/mol. The second-order valence-corrected chi connectivity index (χ2v) is 8.40. The normalized spacial score (nSPS) is 26.1. The minimum atomic E-state index is -1.40. The van der Waals surface area contributed by atoms with E-state index in [1.807, 2.05) is 41.3 Å². The van der Waals surface area contributed by atoms with Gasteiger partial charge < -0.3 is 4.74 Å². The summed E-state index contributed by atoms with van der Waals surface area (Å²) in [4.78, 5) is 44.8. The maximum Gasteiger partial charge on any atom is 0.327 e. The lowest BCUT2D eigenvalue weighted by atomic mass is 9.77. The molecule has 2 fully saturated rings. The first kappa shape index (κ1) is 23.5. The zero-order valence-corrected chi connectivity index (χ0v) is 19.4. The average Bonchev–Trinajstić information content (AvgIpc) is 3.29. The summed E-state index contributed by atoms with van der Waals surface area (Å²) in [6.45, 7) is 7.70. The van der Waals surface area contributed by atoms with Crippen molar-refractivity contribution in [1.29, 1.82) is 0 Å². The number of anilines is 1. The number of nitrogens with zero attached hydrogens (tertiary/aromatic N) is 2. The molecule has 4 rings (SSSR count). The molecule has 0 aliphatic carbocycles. The highest BCUT2D eigenvalue weighted by Gasteiger charge is 2.72. The number of imide groups is 1. The number of hydrogen-bond donors (Lipinski definition) is 0. The second-order valence-electron chi connectivity index (χ2n) is 8.40.